The lowest BCUT2D eigenvalue weighted by molar-refractivity contribution is -0.945. The zero-order valence-corrected chi connectivity index (χ0v) is 16.8. The highest BCUT2D eigenvalue weighted by Gasteiger charge is 2.27. The molecule has 0 amide bonds. The smallest absolute Gasteiger partial charge is 0.336 e. The van der Waals surface area contributed by atoms with E-state index >= 15 is 0 Å². The summed E-state index contributed by atoms with van der Waals surface area (Å²) in [6, 6.07) is 11.4. The van der Waals surface area contributed by atoms with Crippen LogP contribution in [0.2, 0.25) is 5.02 Å². The van der Waals surface area contributed by atoms with Gasteiger partial charge in [0.05, 0.1) is 17.7 Å². The summed E-state index contributed by atoms with van der Waals surface area (Å²) < 4.78 is 16.9. The van der Waals surface area contributed by atoms with Gasteiger partial charge >= 0.3 is 5.63 Å². The number of benzene rings is 2. The maximum Gasteiger partial charge on any atom is 0.336 e. The Labute approximate surface area is 168 Å². The Kier molecular flexibility index (Phi) is 5.29. The number of ether oxygens (including phenoxy) is 2. The minimum Gasteiger partial charge on any atom is -0.497 e. The van der Waals surface area contributed by atoms with Gasteiger partial charge in [-0.25, -0.2) is 4.79 Å². The second kappa shape index (κ2) is 7.86. The molecule has 1 aliphatic rings. The van der Waals surface area contributed by atoms with Gasteiger partial charge in [0, 0.05) is 17.0 Å². The minimum absolute atomic E-state index is 0.333. The van der Waals surface area contributed by atoms with Crippen LogP contribution in [0.25, 0.3) is 11.0 Å². The summed E-state index contributed by atoms with van der Waals surface area (Å²) in [5.74, 6) is 1.46. The number of rotatable bonds is 5. The van der Waals surface area contributed by atoms with Crippen molar-refractivity contribution in [2.24, 2.45) is 0 Å². The fourth-order valence-corrected chi connectivity index (χ4v) is 4.10. The van der Waals surface area contributed by atoms with Gasteiger partial charge in [0.25, 0.3) is 0 Å². The minimum atomic E-state index is -0.333. The van der Waals surface area contributed by atoms with Gasteiger partial charge in [-0.2, -0.15) is 0 Å². The SMILES string of the molecule is CCCc1cc(=O)oc2c3c(c(Cl)cc12)OC[NH+](Cc1cccc(OC)c1)C3. The molecule has 0 aliphatic carbocycles. The maximum atomic E-state index is 12.1. The molecule has 6 heteroatoms. The molecule has 2 aromatic carbocycles. The Morgan fingerprint density at radius 3 is 2.89 bits per heavy atom. The van der Waals surface area contributed by atoms with Crippen molar-refractivity contribution in [2.75, 3.05) is 13.8 Å². The van der Waals surface area contributed by atoms with E-state index in [1.807, 2.05) is 24.3 Å². The van der Waals surface area contributed by atoms with Gasteiger partial charge in [-0.1, -0.05) is 37.1 Å². The Bertz CT molecular complexity index is 1080. The van der Waals surface area contributed by atoms with Crippen molar-refractivity contribution < 1.29 is 18.8 Å². The molecule has 4 rings (SSSR count). The second-order valence-corrected chi connectivity index (χ2v) is 7.53. The first kappa shape index (κ1) is 18.8. The van der Waals surface area contributed by atoms with Crippen molar-refractivity contribution >= 4 is 22.6 Å². The zero-order chi connectivity index (χ0) is 19.7. The van der Waals surface area contributed by atoms with E-state index in [0.29, 0.717) is 29.6 Å². The van der Waals surface area contributed by atoms with Crippen LogP contribution in [0.5, 0.6) is 11.5 Å². The van der Waals surface area contributed by atoms with Crippen molar-refractivity contribution in [1.29, 1.82) is 0 Å². The standard InChI is InChI=1S/C22H22ClNO4/c1-3-5-15-9-20(25)28-21-17(15)10-19(23)22-18(21)12-24(13-27-22)11-14-6-4-7-16(8-14)26-2/h4,6-10H,3,5,11-13H2,1-2H3/p+1. The van der Waals surface area contributed by atoms with E-state index < -0.39 is 0 Å². The van der Waals surface area contributed by atoms with E-state index in [1.165, 1.54) is 4.90 Å². The molecule has 3 aromatic rings. The Balaban J connectivity index is 1.73. The van der Waals surface area contributed by atoms with E-state index in [4.69, 9.17) is 25.5 Å². The van der Waals surface area contributed by atoms with Crippen LogP contribution in [-0.4, -0.2) is 13.8 Å². The van der Waals surface area contributed by atoms with Crippen LogP contribution in [0.15, 0.2) is 45.6 Å². The van der Waals surface area contributed by atoms with Crippen LogP contribution < -0.4 is 20.0 Å². The summed E-state index contributed by atoms with van der Waals surface area (Å²) in [4.78, 5) is 13.3. The normalized spacial score (nSPS) is 15.9. The fourth-order valence-electron chi connectivity index (χ4n) is 3.83. The monoisotopic (exact) mass is 400 g/mol. The lowest BCUT2D eigenvalue weighted by Crippen LogP contribution is -3.10. The fraction of sp³-hybridized carbons (Fsp3) is 0.318. The Morgan fingerprint density at radius 1 is 1.25 bits per heavy atom. The summed E-state index contributed by atoms with van der Waals surface area (Å²) in [5, 5.41) is 1.46. The highest BCUT2D eigenvalue weighted by atomic mass is 35.5. The molecule has 0 fully saturated rings. The first-order chi connectivity index (χ1) is 13.6. The summed E-state index contributed by atoms with van der Waals surface area (Å²) in [5.41, 5.74) is 3.25. The van der Waals surface area contributed by atoms with Crippen molar-refractivity contribution in [3.05, 3.63) is 68.5 Å². The van der Waals surface area contributed by atoms with E-state index in [1.54, 1.807) is 13.2 Å². The average Bonchev–Trinajstić information content (AvgIpc) is 2.69. The zero-order valence-electron chi connectivity index (χ0n) is 16.0. The van der Waals surface area contributed by atoms with Gasteiger partial charge in [-0.05, 0) is 30.2 Å². The van der Waals surface area contributed by atoms with Crippen molar-refractivity contribution in [2.45, 2.75) is 32.9 Å². The number of methoxy groups -OCH3 is 1. The molecule has 146 valence electrons. The van der Waals surface area contributed by atoms with E-state index in [0.717, 1.165) is 47.2 Å². The molecule has 28 heavy (non-hydrogen) atoms. The predicted octanol–water partition coefficient (Wildman–Crippen LogP) is 3.34. The van der Waals surface area contributed by atoms with Gasteiger partial charge in [0.2, 0.25) is 6.73 Å². The highest BCUT2D eigenvalue weighted by Crippen LogP contribution is 2.37. The molecule has 0 saturated carbocycles. The Hall–Kier alpha value is -2.50. The lowest BCUT2D eigenvalue weighted by Gasteiger charge is -2.27. The van der Waals surface area contributed by atoms with Gasteiger partial charge in [0.15, 0.2) is 11.3 Å². The maximum absolute atomic E-state index is 12.1. The first-order valence-corrected chi connectivity index (χ1v) is 9.84. The number of nitrogens with one attached hydrogen (secondary N) is 1. The van der Waals surface area contributed by atoms with Crippen molar-refractivity contribution in [3.8, 4) is 11.5 Å². The third kappa shape index (κ3) is 3.60. The molecule has 0 radical (unpaired) electrons. The van der Waals surface area contributed by atoms with Crippen LogP contribution in [0.3, 0.4) is 0 Å². The number of hydrogen-bond donors (Lipinski definition) is 1. The molecule has 2 heterocycles. The average molecular weight is 401 g/mol. The van der Waals surface area contributed by atoms with Gasteiger partial charge in [-0.3, -0.25) is 4.90 Å². The first-order valence-electron chi connectivity index (χ1n) is 9.46. The molecule has 0 bridgehead atoms. The molecule has 0 saturated heterocycles. The van der Waals surface area contributed by atoms with Crippen LogP contribution >= 0.6 is 11.6 Å². The number of hydrogen-bond acceptors (Lipinski definition) is 4. The second-order valence-electron chi connectivity index (χ2n) is 7.13. The van der Waals surface area contributed by atoms with E-state index in [-0.39, 0.29) is 5.63 Å². The summed E-state index contributed by atoms with van der Waals surface area (Å²) in [7, 11) is 1.66. The number of aryl methyl sites for hydroxylation is 1. The van der Waals surface area contributed by atoms with Gasteiger partial charge < -0.3 is 13.9 Å². The van der Waals surface area contributed by atoms with Crippen LogP contribution in [-0.2, 0) is 19.5 Å². The molecular weight excluding hydrogens is 378 g/mol. The molecular formula is C22H23ClNO4+. The lowest BCUT2D eigenvalue weighted by atomic mass is 10.0. The topological polar surface area (TPSA) is 53.1 Å². The molecule has 0 spiro atoms. The largest absolute Gasteiger partial charge is 0.497 e. The van der Waals surface area contributed by atoms with Crippen LogP contribution in [0, 0.1) is 0 Å². The predicted molar refractivity (Wildman–Crippen MR) is 108 cm³/mol. The Morgan fingerprint density at radius 2 is 2.11 bits per heavy atom. The summed E-state index contributed by atoms with van der Waals surface area (Å²) in [6.07, 6.45) is 1.75. The quantitative estimate of drug-likeness (QED) is 0.667. The van der Waals surface area contributed by atoms with Crippen molar-refractivity contribution in [3.63, 3.8) is 0 Å². The van der Waals surface area contributed by atoms with Crippen LogP contribution in [0.4, 0.5) is 0 Å². The molecule has 1 N–H and O–H groups in total. The van der Waals surface area contributed by atoms with E-state index in [9.17, 15) is 4.79 Å². The summed E-state index contributed by atoms with van der Waals surface area (Å²) in [6.45, 7) is 4.02. The van der Waals surface area contributed by atoms with Crippen LogP contribution in [0.1, 0.15) is 30.0 Å². The van der Waals surface area contributed by atoms with Gasteiger partial charge in [0.1, 0.15) is 18.8 Å². The molecule has 1 atom stereocenters. The van der Waals surface area contributed by atoms with Crippen molar-refractivity contribution in [1.82, 2.24) is 0 Å². The highest BCUT2D eigenvalue weighted by molar-refractivity contribution is 6.33. The third-order valence-corrected chi connectivity index (χ3v) is 5.36. The third-order valence-electron chi connectivity index (χ3n) is 5.08. The molecule has 1 aliphatic heterocycles. The molecule has 5 nitrogen and oxygen atoms in total. The van der Waals surface area contributed by atoms with E-state index in [2.05, 4.69) is 13.0 Å². The number of halogens is 1. The summed E-state index contributed by atoms with van der Waals surface area (Å²) >= 11 is 6.51. The van der Waals surface area contributed by atoms with Gasteiger partial charge in [-0.15, -0.1) is 0 Å². The number of quaternary nitrogens is 1. The molecule has 1 unspecified atom stereocenters. The number of fused-ring (bicyclic) bond motifs is 3. The molecule has 1 aromatic heterocycles.